The lowest BCUT2D eigenvalue weighted by atomic mass is 10.2. The molecule has 3 heterocycles. The van der Waals surface area contributed by atoms with Gasteiger partial charge in [-0.1, -0.05) is 5.16 Å². The van der Waals surface area contributed by atoms with E-state index in [1.165, 1.54) is 18.6 Å². The van der Waals surface area contributed by atoms with Crippen LogP contribution in [0.5, 0.6) is 0 Å². The van der Waals surface area contributed by atoms with E-state index in [1.807, 2.05) is 12.1 Å². The minimum atomic E-state index is -0.420. The molecule has 0 spiro atoms. The van der Waals surface area contributed by atoms with Crippen molar-refractivity contribution in [3.63, 3.8) is 0 Å². The number of nitrogens with one attached hydrogen (secondary N) is 1. The highest BCUT2D eigenvalue weighted by Gasteiger charge is 2.16. The molecule has 0 saturated heterocycles. The van der Waals surface area contributed by atoms with Crippen molar-refractivity contribution in [2.24, 2.45) is 0 Å². The van der Waals surface area contributed by atoms with Gasteiger partial charge in [0.2, 0.25) is 5.82 Å². The molecule has 8 heteroatoms. The van der Waals surface area contributed by atoms with E-state index in [9.17, 15) is 4.79 Å². The van der Waals surface area contributed by atoms with Gasteiger partial charge in [-0.2, -0.15) is 4.98 Å². The minimum absolute atomic E-state index is 0.101. The second kappa shape index (κ2) is 6.53. The van der Waals surface area contributed by atoms with Gasteiger partial charge in [-0.25, -0.2) is 4.98 Å². The fourth-order valence-corrected chi connectivity index (χ4v) is 1.78. The van der Waals surface area contributed by atoms with Gasteiger partial charge in [0, 0.05) is 31.3 Å². The van der Waals surface area contributed by atoms with E-state index in [4.69, 9.17) is 4.52 Å². The quantitative estimate of drug-likeness (QED) is 0.745. The first-order valence-corrected chi connectivity index (χ1v) is 6.60. The molecule has 3 rings (SSSR count). The SMILES string of the molecule is O=C(NCCc1ccncc1)c1nc(-c2cnccn2)no1. The molecule has 0 atom stereocenters. The molecule has 110 valence electrons. The molecule has 0 bridgehead atoms. The highest BCUT2D eigenvalue weighted by molar-refractivity contribution is 5.89. The Labute approximate surface area is 125 Å². The van der Waals surface area contributed by atoms with E-state index in [2.05, 4.69) is 30.4 Å². The molecule has 0 aliphatic carbocycles. The Morgan fingerprint density at radius 3 is 2.77 bits per heavy atom. The van der Waals surface area contributed by atoms with Crippen LogP contribution in [0.4, 0.5) is 0 Å². The maximum absolute atomic E-state index is 11.9. The third-order valence-electron chi connectivity index (χ3n) is 2.86. The van der Waals surface area contributed by atoms with E-state index in [0.29, 0.717) is 18.7 Å². The second-order valence-corrected chi connectivity index (χ2v) is 4.38. The Kier molecular flexibility index (Phi) is 4.10. The zero-order valence-electron chi connectivity index (χ0n) is 11.5. The number of nitrogens with zero attached hydrogens (tertiary/aromatic N) is 5. The number of amides is 1. The number of carbonyl (C=O) groups excluding carboxylic acids is 1. The molecule has 0 aromatic carbocycles. The summed E-state index contributed by atoms with van der Waals surface area (Å²) in [5.41, 5.74) is 1.53. The van der Waals surface area contributed by atoms with E-state index in [0.717, 1.165) is 5.56 Å². The maximum Gasteiger partial charge on any atom is 0.316 e. The van der Waals surface area contributed by atoms with Crippen LogP contribution in [0.15, 0.2) is 47.6 Å². The van der Waals surface area contributed by atoms with Gasteiger partial charge in [-0.15, -0.1) is 0 Å². The summed E-state index contributed by atoms with van der Waals surface area (Å²) in [6.07, 6.45) is 8.66. The molecule has 1 N–H and O–H groups in total. The summed E-state index contributed by atoms with van der Waals surface area (Å²) in [5.74, 6) is -0.292. The summed E-state index contributed by atoms with van der Waals surface area (Å²) in [4.78, 5) is 27.8. The van der Waals surface area contributed by atoms with Crippen molar-refractivity contribution in [2.75, 3.05) is 6.54 Å². The molecule has 0 aliphatic heterocycles. The lowest BCUT2D eigenvalue weighted by Crippen LogP contribution is -2.26. The maximum atomic E-state index is 11.9. The van der Waals surface area contributed by atoms with E-state index in [-0.39, 0.29) is 11.7 Å². The number of hydrogen-bond donors (Lipinski definition) is 1. The highest BCUT2D eigenvalue weighted by Crippen LogP contribution is 2.10. The van der Waals surface area contributed by atoms with Crippen molar-refractivity contribution in [3.8, 4) is 11.5 Å². The molecule has 0 saturated carbocycles. The molecule has 0 unspecified atom stereocenters. The van der Waals surface area contributed by atoms with Gasteiger partial charge in [-0.3, -0.25) is 14.8 Å². The van der Waals surface area contributed by atoms with E-state index < -0.39 is 5.91 Å². The summed E-state index contributed by atoms with van der Waals surface area (Å²) < 4.78 is 4.93. The van der Waals surface area contributed by atoms with Crippen molar-refractivity contribution in [1.29, 1.82) is 0 Å². The molecule has 8 nitrogen and oxygen atoms in total. The van der Waals surface area contributed by atoms with Crippen LogP contribution < -0.4 is 5.32 Å². The normalized spacial score (nSPS) is 10.4. The van der Waals surface area contributed by atoms with Crippen LogP contribution in [0.25, 0.3) is 11.5 Å². The Morgan fingerprint density at radius 1 is 1.14 bits per heavy atom. The molecular formula is C14H12N6O2. The minimum Gasteiger partial charge on any atom is -0.347 e. The van der Waals surface area contributed by atoms with E-state index >= 15 is 0 Å². The molecule has 0 aliphatic rings. The first-order chi connectivity index (χ1) is 10.8. The third kappa shape index (κ3) is 3.29. The van der Waals surface area contributed by atoms with Gasteiger partial charge in [0.25, 0.3) is 0 Å². The van der Waals surface area contributed by atoms with Gasteiger partial charge in [0.05, 0.1) is 6.20 Å². The van der Waals surface area contributed by atoms with Crippen molar-refractivity contribution in [2.45, 2.75) is 6.42 Å². The van der Waals surface area contributed by atoms with Crippen molar-refractivity contribution in [1.82, 2.24) is 30.4 Å². The van der Waals surface area contributed by atoms with Crippen LogP contribution in [0.3, 0.4) is 0 Å². The largest absolute Gasteiger partial charge is 0.347 e. The van der Waals surface area contributed by atoms with Crippen LogP contribution in [0.2, 0.25) is 0 Å². The smallest absolute Gasteiger partial charge is 0.316 e. The van der Waals surface area contributed by atoms with Gasteiger partial charge < -0.3 is 9.84 Å². The molecule has 3 aromatic heterocycles. The number of pyridine rings is 1. The van der Waals surface area contributed by atoms with Gasteiger partial charge in [0.1, 0.15) is 5.69 Å². The Bertz CT molecular complexity index is 744. The summed E-state index contributed by atoms with van der Waals surface area (Å²) >= 11 is 0. The molecule has 3 aromatic rings. The zero-order valence-corrected chi connectivity index (χ0v) is 11.5. The average molecular weight is 296 g/mol. The van der Waals surface area contributed by atoms with Crippen LogP contribution >= 0.6 is 0 Å². The topological polar surface area (TPSA) is 107 Å². The molecular weight excluding hydrogens is 284 g/mol. The Balaban J connectivity index is 1.58. The van der Waals surface area contributed by atoms with Crippen LogP contribution in [0, 0.1) is 0 Å². The van der Waals surface area contributed by atoms with Gasteiger partial charge in [0.15, 0.2) is 0 Å². The number of carbonyl (C=O) groups is 1. The second-order valence-electron chi connectivity index (χ2n) is 4.38. The zero-order chi connectivity index (χ0) is 15.2. The van der Waals surface area contributed by atoms with Crippen LogP contribution in [-0.4, -0.2) is 37.5 Å². The summed E-state index contributed by atoms with van der Waals surface area (Å²) in [6.45, 7) is 0.464. The lowest BCUT2D eigenvalue weighted by Gasteiger charge is -2.01. The Hall–Kier alpha value is -3.16. The molecule has 0 fully saturated rings. The standard InChI is InChI=1S/C14H12N6O2/c21-13(18-6-3-10-1-4-15-5-2-10)14-19-12(20-22-14)11-9-16-7-8-17-11/h1-2,4-5,7-9H,3,6H2,(H,18,21). The average Bonchev–Trinajstić information content (AvgIpc) is 3.07. The summed E-state index contributed by atoms with van der Waals surface area (Å²) in [7, 11) is 0. The first kappa shape index (κ1) is 13.8. The van der Waals surface area contributed by atoms with Crippen LogP contribution in [0.1, 0.15) is 16.2 Å². The molecule has 22 heavy (non-hydrogen) atoms. The summed E-state index contributed by atoms with van der Waals surface area (Å²) in [5, 5.41) is 6.44. The highest BCUT2D eigenvalue weighted by atomic mass is 16.5. The predicted molar refractivity (Wildman–Crippen MR) is 75.6 cm³/mol. The number of rotatable bonds is 5. The number of hydrogen-bond acceptors (Lipinski definition) is 7. The van der Waals surface area contributed by atoms with Crippen LogP contribution in [-0.2, 0) is 6.42 Å². The number of aromatic nitrogens is 5. The fraction of sp³-hybridized carbons (Fsp3) is 0.143. The van der Waals surface area contributed by atoms with Gasteiger partial charge in [-0.05, 0) is 24.1 Å². The molecule has 0 radical (unpaired) electrons. The fourth-order valence-electron chi connectivity index (χ4n) is 1.78. The predicted octanol–water partition coefficient (Wildman–Crippen LogP) is 0.894. The first-order valence-electron chi connectivity index (χ1n) is 6.60. The van der Waals surface area contributed by atoms with Gasteiger partial charge >= 0.3 is 11.8 Å². The molecule has 1 amide bonds. The summed E-state index contributed by atoms with van der Waals surface area (Å²) in [6, 6.07) is 3.79. The van der Waals surface area contributed by atoms with Crippen molar-refractivity contribution >= 4 is 5.91 Å². The lowest BCUT2D eigenvalue weighted by molar-refractivity contribution is 0.0910. The third-order valence-corrected chi connectivity index (χ3v) is 2.86. The van der Waals surface area contributed by atoms with Crippen molar-refractivity contribution in [3.05, 3.63) is 54.6 Å². The Morgan fingerprint density at radius 2 is 2.00 bits per heavy atom. The monoisotopic (exact) mass is 296 g/mol. The van der Waals surface area contributed by atoms with Crippen molar-refractivity contribution < 1.29 is 9.32 Å². The van der Waals surface area contributed by atoms with E-state index in [1.54, 1.807) is 12.4 Å².